The van der Waals surface area contributed by atoms with E-state index in [1.54, 1.807) is 24.3 Å². The molecule has 0 amide bonds. The van der Waals surface area contributed by atoms with Crippen molar-refractivity contribution in [1.82, 2.24) is 0 Å². The number of aliphatic carboxylic acids is 1. The fourth-order valence-corrected chi connectivity index (χ4v) is 2.78. The van der Waals surface area contributed by atoms with Crippen molar-refractivity contribution < 1.29 is 23.7 Å². The third-order valence-electron chi connectivity index (χ3n) is 2.35. The molecule has 0 fully saturated rings. The maximum Gasteiger partial charge on any atom is 0.328 e. The summed E-state index contributed by atoms with van der Waals surface area (Å²) in [5.74, 6) is -0.477. The first-order chi connectivity index (χ1) is 8.49. The van der Waals surface area contributed by atoms with Gasteiger partial charge in [0.1, 0.15) is 12.4 Å². The Morgan fingerprint density at radius 2 is 2.17 bits per heavy atom. The summed E-state index contributed by atoms with van der Waals surface area (Å²) in [5, 5.41) is 9.76. The van der Waals surface area contributed by atoms with E-state index in [4.69, 9.17) is 9.84 Å². The summed E-state index contributed by atoms with van der Waals surface area (Å²) in [6, 6.07) is 4.90. The highest BCUT2D eigenvalue weighted by atomic mass is 32.3. The molecule has 0 atom stereocenters. The van der Waals surface area contributed by atoms with Gasteiger partial charge in [0.25, 0.3) is 0 Å². The summed E-state index contributed by atoms with van der Waals surface area (Å²) in [7, 11) is -2.79. The summed E-state index contributed by atoms with van der Waals surface area (Å²) in [5.41, 5.74) is 0.703. The van der Waals surface area contributed by atoms with Crippen LogP contribution in [0.5, 0.6) is 5.75 Å². The molecule has 0 saturated carbocycles. The van der Waals surface area contributed by atoms with Gasteiger partial charge in [0, 0.05) is 17.0 Å². The van der Waals surface area contributed by atoms with Gasteiger partial charge in [-0.05, 0) is 30.4 Å². The Hall–Kier alpha value is -1.76. The van der Waals surface area contributed by atoms with E-state index < -0.39 is 16.6 Å². The van der Waals surface area contributed by atoms with Crippen molar-refractivity contribution in [2.24, 2.45) is 0 Å². The molecule has 0 aromatic heterocycles. The Kier molecular flexibility index (Phi) is 3.42. The number of benzene rings is 1. The minimum atomic E-state index is -2.79. The highest BCUT2D eigenvalue weighted by molar-refractivity contribution is 8.27. The molecule has 2 rings (SSSR count). The number of ether oxygens (including phenoxy) is 1. The molecular weight excluding hydrogens is 256 g/mol. The van der Waals surface area contributed by atoms with Crippen LogP contribution in [-0.4, -0.2) is 26.8 Å². The van der Waals surface area contributed by atoms with Gasteiger partial charge in [0.2, 0.25) is 0 Å². The molecule has 1 heterocycles. The monoisotopic (exact) mass is 268 g/mol. The van der Waals surface area contributed by atoms with Crippen molar-refractivity contribution in [1.29, 1.82) is 0 Å². The van der Waals surface area contributed by atoms with Gasteiger partial charge < -0.3 is 9.84 Å². The second-order valence-electron chi connectivity index (χ2n) is 3.65. The van der Waals surface area contributed by atoms with E-state index >= 15 is 0 Å². The fourth-order valence-electron chi connectivity index (χ4n) is 1.55. The van der Waals surface area contributed by atoms with E-state index in [1.165, 1.54) is 11.5 Å². The second-order valence-corrected chi connectivity index (χ2v) is 5.54. The van der Waals surface area contributed by atoms with Gasteiger partial charge in [-0.1, -0.05) is 0 Å². The standard InChI is InChI=1S/C12H12O5S/c13-12(14)2-1-6-17-10-3-4-11-9(8-10)5-7-18(11,15)16/h1-5,7-8,15-16H,6H2,(H,13,14)/b2-1+. The Balaban J connectivity index is 2.05. The molecule has 6 heteroatoms. The molecule has 1 aliphatic rings. The van der Waals surface area contributed by atoms with E-state index in [9.17, 15) is 13.9 Å². The van der Waals surface area contributed by atoms with Gasteiger partial charge in [-0.2, -0.15) is 0 Å². The van der Waals surface area contributed by atoms with E-state index in [2.05, 4.69) is 0 Å². The molecule has 1 aromatic carbocycles. The zero-order valence-corrected chi connectivity index (χ0v) is 10.1. The van der Waals surface area contributed by atoms with Crippen molar-refractivity contribution >= 4 is 22.6 Å². The zero-order valence-electron chi connectivity index (χ0n) is 9.31. The molecule has 1 aromatic rings. The summed E-state index contributed by atoms with van der Waals surface area (Å²) in [4.78, 5) is 10.7. The normalized spacial score (nSPS) is 17.7. The number of rotatable bonds is 4. The molecule has 5 nitrogen and oxygen atoms in total. The van der Waals surface area contributed by atoms with Crippen molar-refractivity contribution in [3.63, 3.8) is 0 Å². The van der Waals surface area contributed by atoms with Gasteiger partial charge in [-0.25, -0.2) is 4.79 Å². The Morgan fingerprint density at radius 3 is 2.89 bits per heavy atom. The third-order valence-corrected chi connectivity index (χ3v) is 3.88. The van der Waals surface area contributed by atoms with Crippen LogP contribution in [0.3, 0.4) is 0 Å². The predicted octanol–water partition coefficient (Wildman–Crippen LogP) is 2.80. The van der Waals surface area contributed by atoms with Crippen LogP contribution in [0.1, 0.15) is 5.56 Å². The molecule has 1 aliphatic heterocycles. The SMILES string of the molecule is O=C(O)/C=C/COc1ccc2c(c1)C=CS2(O)O. The first-order valence-corrected chi connectivity index (χ1v) is 6.73. The minimum absolute atomic E-state index is 0.144. The molecule has 18 heavy (non-hydrogen) atoms. The molecule has 96 valence electrons. The van der Waals surface area contributed by atoms with Crippen molar-refractivity contribution in [3.05, 3.63) is 41.3 Å². The summed E-state index contributed by atoms with van der Waals surface area (Å²) < 4.78 is 24.6. The van der Waals surface area contributed by atoms with Crippen molar-refractivity contribution in [2.45, 2.75) is 4.90 Å². The Labute approximate surface area is 105 Å². The van der Waals surface area contributed by atoms with E-state index in [-0.39, 0.29) is 6.61 Å². The summed E-state index contributed by atoms with van der Waals surface area (Å²) in [6.07, 6.45) is 4.02. The molecule has 0 bridgehead atoms. The summed E-state index contributed by atoms with van der Waals surface area (Å²) >= 11 is 0. The lowest BCUT2D eigenvalue weighted by Gasteiger charge is -2.25. The number of hydrogen-bond donors (Lipinski definition) is 3. The lowest BCUT2D eigenvalue weighted by molar-refractivity contribution is -0.131. The lowest BCUT2D eigenvalue weighted by atomic mass is 10.2. The summed E-state index contributed by atoms with van der Waals surface area (Å²) in [6.45, 7) is 0.144. The fraction of sp³-hybridized carbons (Fsp3) is 0.0833. The molecule has 0 unspecified atom stereocenters. The maximum atomic E-state index is 10.2. The predicted molar refractivity (Wildman–Crippen MR) is 68.9 cm³/mol. The van der Waals surface area contributed by atoms with Gasteiger partial charge in [0.15, 0.2) is 0 Å². The van der Waals surface area contributed by atoms with Crippen LogP contribution in [0.25, 0.3) is 6.08 Å². The van der Waals surface area contributed by atoms with E-state index in [1.807, 2.05) is 0 Å². The number of carboxylic acid groups (broad SMARTS) is 1. The van der Waals surface area contributed by atoms with Crippen molar-refractivity contribution in [2.75, 3.05) is 6.61 Å². The topological polar surface area (TPSA) is 87.0 Å². The third kappa shape index (κ3) is 2.73. The molecule has 0 aliphatic carbocycles. The number of carbonyl (C=O) groups is 1. The molecule has 0 spiro atoms. The average Bonchev–Trinajstić information content (AvgIpc) is 2.61. The molecule has 3 N–H and O–H groups in total. The zero-order chi connectivity index (χ0) is 13.2. The van der Waals surface area contributed by atoms with Crippen LogP contribution in [0.15, 0.2) is 40.7 Å². The van der Waals surface area contributed by atoms with Crippen LogP contribution in [0.4, 0.5) is 0 Å². The van der Waals surface area contributed by atoms with Crippen LogP contribution in [-0.2, 0) is 4.79 Å². The quantitative estimate of drug-likeness (QED) is 0.731. The number of carboxylic acids is 1. The Bertz CT molecular complexity index is 533. The first-order valence-electron chi connectivity index (χ1n) is 5.12. The van der Waals surface area contributed by atoms with E-state index in [0.29, 0.717) is 16.2 Å². The van der Waals surface area contributed by atoms with Gasteiger partial charge in [0.05, 0.1) is 4.90 Å². The van der Waals surface area contributed by atoms with Gasteiger partial charge in [-0.15, -0.1) is 10.6 Å². The lowest BCUT2D eigenvalue weighted by Crippen LogP contribution is -1.97. The molecule has 0 radical (unpaired) electrons. The minimum Gasteiger partial charge on any atom is -0.490 e. The van der Waals surface area contributed by atoms with Crippen LogP contribution < -0.4 is 4.74 Å². The molecule has 0 saturated heterocycles. The van der Waals surface area contributed by atoms with Gasteiger partial charge >= 0.3 is 5.97 Å². The highest BCUT2D eigenvalue weighted by Gasteiger charge is 2.21. The smallest absolute Gasteiger partial charge is 0.328 e. The average molecular weight is 268 g/mol. The first kappa shape index (κ1) is 12.7. The second kappa shape index (κ2) is 4.85. The van der Waals surface area contributed by atoms with Crippen LogP contribution >= 0.6 is 10.6 Å². The number of hydrogen-bond acceptors (Lipinski definition) is 4. The van der Waals surface area contributed by atoms with Gasteiger partial charge in [-0.3, -0.25) is 9.11 Å². The molecular formula is C12H12O5S. The largest absolute Gasteiger partial charge is 0.490 e. The Morgan fingerprint density at radius 1 is 1.39 bits per heavy atom. The highest BCUT2D eigenvalue weighted by Crippen LogP contribution is 2.56. The number of fused-ring (bicyclic) bond motifs is 1. The van der Waals surface area contributed by atoms with E-state index in [0.717, 1.165) is 6.08 Å². The van der Waals surface area contributed by atoms with Crippen LogP contribution in [0.2, 0.25) is 0 Å². The maximum absolute atomic E-state index is 10.2. The van der Waals surface area contributed by atoms with Crippen LogP contribution in [0, 0.1) is 0 Å². The van der Waals surface area contributed by atoms with Crippen molar-refractivity contribution in [3.8, 4) is 5.75 Å².